The van der Waals surface area contributed by atoms with Crippen molar-refractivity contribution in [2.75, 3.05) is 13.1 Å². The molecule has 128 valence electrons. The van der Waals surface area contributed by atoms with Gasteiger partial charge in [0.05, 0.1) is 0 Å². The summed E-state index contributed by atoms with van der Waals surface area (Å²) in [5.41, 5.74) is 0.325. The molecule has 1 fully saturated rings. The van der Waals surface area contributed by atoms with Gasteiger partial charge >= 0.3 is 6.03 Å². The number of carbonyl (C=O) groups is 4. The highest BCUT2D eigenvalue weighted by molar-refractivity contribution is 6.04. The maximum absolute atomic E-state index is 12.7. The number of hydrogen-bond donors (Lipinski definition) is 4. The minimum absolute atomic E-state index is 0.0737. The van der Waals surface area contributed by atoms with E-state index in [4.69, 9.17) is 0 Å². The lowest BCUT2D eigenvalue weighted by Gasteiger charge is -2.09. The zero-order valence-electron chi connectivity index (χ0n) is 12.7. The number of carbonyl (C=O) groups excluding carboxylic acids is 4. The van der Waals surface area contributed by atoms with E-state index in [9.17, 15) is 23.6 Å². The van der Waals surface area contributed by atoms with Crippen LogP contribution in [0.25, 0.3) is 0 Å². The molecule has 0 spiro atoms. The molecule has 24 heavy (non-hydrogen) atoms. The summed E-state index contributed by atoms with van der Waals surface area (Å²) < 4.78 is 12.7. The molecule has 1 aromatic carbocycles. The summed E-state index contributed by atoms with van der Waals surface area (Å²) in [6, 6.07) is 3.85. The lowest BCUT2D eigenvalue weighted by molar-refractivity contribution is -0.122. The zero-order chi connectivity index (χ0) is 17.5. The molecule has 1 heterocycles. The normalized spacial score (nSPS) is 16.3. The molecule has 9 heteroatoms. The van der Waals surface area contributed by atoms with E-state index in [0.717, 1.165) is 0 Å². The minimum Gasteiger partial charge on any atom is -0.354 e. The summed E-state index contributed by atoms with van der Waals surface area (Å²) in [4.78, 5) is 45.6. The van der Waals surface area contributed by atoms with Crippen LogP contribution >= 0.6 is 0 Å². The molecule has 0 aliphatic carbocycles. The van der Waals surface area contributed by atoms with Gasteiger partial charge in [-0.3, -0.25) is 19.7 Å². The highest BCUT2D eigenvalue weighted by Gasteiger charge is 2.29. The van der Waals surface area contributed by atoms with Crippen molar-refractivity contribution in [3.8, 4) is 0 Å². The Morgan fingerprint density at radius 2 is 1.75 bits per heavy atom. The van der Waals surface area contributed by atoms with Gasteiger partial charge in [0.25, 0.3) is 11.8 Å². The van der Waals surface area contributed by atoms with Gasteiger partial charge in [-0.25, -0.2) is 9.18 Å². The molecule has 5 amide bonds. The second-order valence-electron chi connectivity index (χ2n) is 5.17. The summed E-state index contributed by atoms with van der Waals surface area (Å²) in [6.07, 6.45) is 0.273. The number of amides is 5. The molecule has 0 bridgehead atoms. The smallest absolute Gasteiger partial charge is 0.322 e. The van der Waals surface area contributed by atoms with Crippen LogP contribution in [0.15, 0.2) is 24.3 Å². The molecule has 0 radical (unpaired) electrons. The van der Waals surface area contributed by atoms with Crippen LogP contribution in [0, 0.1) is 5.82 Å². The first kappa shape index (κ1) is 17.4. The first-order valence-corrected chi connectivity index (χ1v) is 7.37. The Balaban J connectivity index is 1.60. The number of rotatable bonds is 7. The fourth-order valence-corrected chi connectivity index (χ4v) is 2.11. The first-order valence-electron chi connectivity index (χ1n) is 7.37. The third-order valence-corrected chi connectivity index (χ3v) is 3.36. The molecule has 2 rings (SSSR count). The van der Waals surface area contributed by atoms with Crippen LogP contribution in [0.3, 0.4) is 0 Å². The van der Waals surface area contributed by atoms with E-state index in [1.54, 1.807) is 0 Å². The van der Waals surface area contributed by atoms with Crippen LogP contribution in [0.1, 0.15) is 23.2 Å². The minimum atomic E-state index is -0.693. The largest absolute Gasteiger partial charge is 0.354 e. The van der Waals surface area contributed by atoms with E-state index in [-0.39, 0.29) is 37.7 Å². The van der Waals surface area contributed by atoms with Crippen molar-refractivity contribution >= 4 is 23.8 Å². The summed E-state index contributed by atoms with van der Waals surface area (Å²) in [5.74, 6) is -1.53. The SMILES string of the molecule is O=C(CCC1NC(=O)NC1=O)NCCNC(=O)c1ccc(F)cc1. The molecule has 1 aliphatic heterocycles. The van der Waals surface area contributed by atoms with E-state index >= 15 is 0 Å². The quantitative estimate of drug-likeness (QED) is 0.403. The lowest BCUT2D eigenvalue weighted by atomic mass is 10.1. The lowest BCUT2D eigenvalue weighted by Crippen LogP contribution is -2.36. The standard InChI is InChI=1S/C15H17FN4O4/c16-10-3-1-9(2-4-10)13(22)18-8-7-17-12(21)6-5-11-14(23)20-15(24)19-11/h1-4,11H,5-8H2,(H,17,21)(H,18,22)(H2,19,20,23,24). The van der Waals surface area contributed by atoms with Crippen molar-refractivity contribution in [2.45, 2.75) is 18.9 Å². The van der Waals surface area contributed by atoms with E-state index in [0.29, 0.717) is 5.56 Å². The molecular formula is C15H17FN4O4. The van der Waals surface area contributed by atoms with Crippen molar-refractivity contribution in [3.05, 3.63) is 35.6 Å². The first-order chi connectivity index (χ1) is 11.5. The second kappa shape index (κ2) is 8.04. The van der Waals surface area contributed by atoms with E-state index < -0.39 is 23.8 Å². The predicted molar refractivity (Wildman–Crippen MR) is 81.4 cm³/mol. The molecule has 0 saturated carbocycles. The van der Waals surface area contributed by atoms with Gasteiger partial charge in [-0.05, 0) is 30.7 Å². The summed E-state index contributed by atoms with van der Waals surface area (Å²) in [7, 11) is 0. The molecular weight excluding hydrogens is 319 g/mol. The van der Waals surface area contributed by atoms with Crippen LogP contribution in [0.4, 0.5) is 9.18 Å². The van der Waals surface area contributed by atoms with Gasteiger partial charge < -0.3 is 16.0 Å². The average Bonchev–Trinajstić information content (AvgIpc) is 2.87. The fourth-order valence-electron chi connectivity index (χ4n) is 2.11. The van der Waals surface area contributed by atoms with Crippen molar-refractivity contribution < 1.29 is 23.6 Å². The number of nitrogens with one attached hydrogen (secondary N) is 4. The zero-order valence-corrected chi connectivity index (χ0v) is 12.7. The predicted octanol–water partition coefficient (Wildman–Crippen LogP) is -0.340. The Morgan fingerprint density at radius 1 is 1.08 bits per heavy atom. The third kappa shape index (κ3) is 5.04. The molecule has 4 N–H and O–H groups in total. The number of halogens is 1. The maximum atomic E-state index is 12.7. The van der Waals surface area contributed by atoms with Crippen LogP contribution < -0.4 is 21.3 Å². The highest BCUT2D eigenvalue weighted by atomic mass is 19.1. The molecule has 1 aliphatic rings. The van der Waals surface area contributed by atoms with Gasteiger partial charge in [0, 0.05) is 25.1 Å². The van der Waals surface area contributed by atoms with Crippen LogP contribution in [0.2, 0.25) is 0 Å². The monoisotopic (exact) mass is 336 g/mol. The second-order valence-corrected chi connectivity index (χ2v) is 5.17. The van der Waals surface area contributed by atoms with Gasteiger partial charge in [0.15, 0.2) is 0 Å². The number of imide groups is 1. The molecule has 8 nitrogen and oxygen atoms in total. The van der Waals surface area contributed by atoms with Crippen molar-refractivity contribution in [2.24, 2.45) is 0 Å². The summed E-state index contributed by atoms with van der Waals surface area (Å²) in [6.45, 7) is 0.428. The van der Waals surface area contributed by atoms with Crippen molar-refractivity contribution in [1.29, 1.82) is 0 Å². The van der Waals surface area contributed by atoms with Crippen molar-refractivity contribution in [1.82, 2.24) is 21.3 Å². The fraction of sp³-hybridized carbons (Fsp3) is 0.333. The Labute approximate surface area is 137 Å². The Bertz CT molecular complexity index is 647. The van der Waals surface area contributed by atoms with E-state index in [1.807, 2.05) is 0 Å². The molecule has 1 aromatic rings. The van der Waals surface area contributed by atoms with Crippen LogP contribution in [-0.2, 0) is 9.59 Å². The number of benzene rings is 1. The Morgan fingerprint density at radius 3 is 2.38 bits per heavy atom. The van der Waals surface area contributed by atoms with E-state index in [2.05, 4.69) is 21.3 Å². The van der Waals surface area contributed by atoms with Crippen LogP contribution in [0.5, 0.6) is 0 Å². The van der Waals surface area contributed by atoms with Crippen LogP contribution in [-0.4, -0.2) is 42.9 Å². The third-order valence-electron chi connectivity index (χ3n) is 3.36. The molecule has 1 atom stereocenters. The molecule has 0 aromatic heterocycles. The van der Waals surface area contributed by atoms with Gasteiger partial charge in [-0.2, -0.15) is 0 Å². The van der Waals surface area contributed by atoms with E-state index in [1.165, 1.54) is 24.3 Å². The molecule has 1 unspecified atom stereocenters. The number of hydrogen-bond acceptors (Lipinski definition) is 4. The Kier molecular flexibility index (Phi) is 5.83. The van der Waals surface area contributed by atoms with Gasteiger partial charge in [0.2, 0.25) is 5.91 Å². The van der Waals surface area contributed by atoms with Crippen molar-refractivity contribution in [3.63, 3.8) is 0 Å². The molecule has 1 saturated heterocycles. The number of urea groups is 1. The topological polar surface area (TPSA) is 116 Å². The Hall–Kier alpha value is -2.97. The highest BCUT2D eigenvalue weighted by Crippen LogP contribution is 2.03. The van der Waals surface area contributed by atoms with Gasteiger partial charge in [0.1, 0.15) is 11.9 Å². The van der Waals surface area contributed by atoms with Gasteiger partial charge in [-0.15, -0.1) is 0 Å². The van der Waals surface area contributed by atoms with Gasteiger partial charge in [-0.1, -0.05) is 0 Å². The summed E-state index contributed by atoms with van der Waals surface area (Å²) in [5, 5.41) is 9.66. The average molecular weight is 336 g/mol. The summed E-state index contributed by atoms with van der Waals surface area (Å²) >= 11 is 0. The maximum Gasteiger partial charge on any atom is 0.322 e.